The standard InChI is InChI=1S/C22H21N3O4/c1-15(26)23-13-16-4-8-18(9-5-16)21(27)24-14-17-6-10-19(11-7-17)25-22(28)20-3-2-12-29-20/h2-12H,13-14H2,1H3,(H,23,26)(H,24,27)(H,25,28). The van der Waals surface area contributed by atoms with Crippen LogP contribution in [0.3, 0.4) is 0 Å². The predicted octanol–water partition coefficient (Wildman–Crippen LogP) is 3.10. The average Bonchev–Trinajstić information content (AvgIpc) is 3.27. The maximum absolute atomic E-state index is 12.3. The number of carbonyl (C=O) groups is 3. The maximum atomic E-state index is 12.3. The van der Waals surface area contributed by atoms with Crippen molar-refractivity contribution in [2.24, 2.45) is 0 Å². The van der Waals surface area contributed by atoms with Crippen LogP contribution < -0.4 is 16.0 Å². The molecule has 0 aliphatic heterocycles. The summed E-state index contributed by atoms with van der Waals surface area (Å²) in [5.41, 5.74) is 3.00. The molecule has 2 aromatic carbocycles. The van der Waals surface area contributed by atoms with Gasteiger partial charge >= 0.3 is 0 Å². The first-order chi connectivity index (χ1) is 14.0. The van der Waals surface area contributed by atoms with Gasteiger partial charge in [0.2, 0.25) is 5.91 Å². The summed E-state index contributed by atoms with van der Waals surface area (Å²) in [6.45, 7) is 2.25. The molecular weight excluding hydrogens is 370 g/mol. The summed E-state index contributed by atoms with van der Waals surface area (Å²) in [5, 5.41) is 8.31. The van der Waals surface area contributed by atoms with E-state index in [9.17, 15) is 14.4 Å². The number of carbonyl (C=O) groups excluding carboxylic acids is 3. The lowest BCUT2D eigenvalue weighted by Gasteiger charge is -2.08. The Morgan fingerprint density at radius 1 is 0.793 bits per heavy atom. The largest absolute Gasteiger partial charge is 0.459 e. The molecular formula is C22H21N3O4. The van der Waals surface area contributed by atoms with Crippen molar-refractivity contribution in [2.75, 3.05) is 5.32 Å². The monoisotopic (exact) mass is 391 g/mol. The highest BCUT2D eigenvalue weighted by Crippen LogP contribution is 2.12. The van der Waals surface area contributed by atoms with Crippen LogP contribution in [-0.4, -0.2) is 17.7 Å². The van der Waals surface area contributed by atoms with Gasteiger partial charge in [0.15, 0.2) is 5.76 Å². The molecule has 1 aromatic heterocycles. The SMILES string of the molecule is CC(=O)NCc1ccc(C(=O)NCc2ccc(NC(=O)c3ccco3)cc2)cc1. The minimum atomic E-state index is -0.321. The molecule has 3 aromatic rings. The fourth-order valence-electron chi connectivity index (χ4n) is 2.59. The van der Waals surface area contributed by atoms with Gasteiger partial charge in [0.25, 0.3) is 11.8 Å². The van der Waals surface area contributed by atoms with E-state index in [2.05, 4.69) is 16.0 Å². The van der Waals surface area contributed by atoms with Gasteiger partial charge in [-0.05, 0) is 47.5 Å². The molecule has 0 aliphatic carbocycles. The van der Waals surface area contributed by atoms with Crippen LogP contribution in [0.15, 0.2) is 71.3 Å². The summed E-state index contributed by atoms with van der Waals surface area (Å²) in [7, 11) is 0. The number of amides is 3. The topological polar surface area (TPSA) is 100 Å². The van der Waals surface area contributed by atoms with Crippen LogP contribution in [0.25, 0.3) is 0 Å². The molecule has 1 heterocycles. The Kier molecular flexibility index (Phi) is 6.42. The Labute approximate surface area is 168 Å². The van der Waals surface area contributed by atoms with E-state index in [1.54, 1.807) is 48.5 Å². The zero-order valence-corrected chi connectivity index (χ0v) is 15.9. The number of anilines is 1. The van der Waals surface area contributed by atoms with Gasteiger partial charge in [0.1, 0.15) is 0 Å². The first kappa shape index (κ1) is 19.9. The highest BCUT2D eigenvalue weighted by Gasteiger charge is 2.09. The van der Waals surface area contributed by atoms with Crippen molar-refractivity contribution in [1.82, 2.24) is 10.6 Å². The van der Waals surface area contributed by atoms with E-state index in [4.69, 9.17) is 4.42 Å². The van der Waals surface area contributed by atoms with Gasteiger partial charge in [-0.25, -0.2) is 0 Å². The zero-order chi connectivity index (χ0) is 20.6. The van der Waals surface area contributed by atoms with Crippen molar-refractivity contribution < 1.29 is 18.8 Å². The molecule has 0 aliphatic rings. The highest BCUT2D eigenvalue weighted by molar-refractivity contribution is 6.02. The quantitative estimate of drug-likeness (QED) is 0.576. The van der Waals surface area contributed by atoms with Gasteiger partial charge in [-0.15, -0.1) is 0 Å². The molecule has 0 spiro atoms. The van der Waals surface area contributed by atoms with E-state index >= 15 is 0 Å². The van der Waals surface area contributed by atoms with Crippen LogP contribution in [0.1, 0.15) is 39.0 Å². The Balaban J connectivity index is 1.49. The van der Waals surface area contributed by atoms with Crippen LogP contribution in [0.2, 0.25) is 0 Å². The second-order valence-electron chi connectivity index (χ2n) is 6.42. The van der Waals surface area contributed by atoms with Crippen molar-refractivity contribution in [3.8, 4) is 0 Å². The fraction of sp³-hybridized carbons (Fsp3) is 0.136. The lowest BCUT2D eigenvalue weighted by Crippen LogP contribution is -2.23. The summed E-state index contributed by atoms with van der Waals surface area (Å²) < 4.78 is 5.05. The maximum Gasteiger partial charge on any atom is 0.291 e. The van der Waals surface area contributed by atoms with Gasteiger partial charge in [-0.3, -0.25) is 14.4 Å². The molecule has 0 unspecified atom stereocenters. The molecule has 0 bridgehead atoms. The molecule has 3 N–H and O–H groups in total. The molecule has 0 saturated carbocycles. The van der Waals surface area contributed by atoms with Crippen LogP contribution >= 0.6 is 0 Å². The van der Waals surface area contributed by atoms with Gasteiger partial charge in [0, 0.05) is 31.3 Å². The van der Waals surface area contributed by atoms with E-state index in [1.807, 2.05) is 12.1 Å². The number of hydrogen-bond acceptors (Lipinski definition) is 4. The van der Waals surface area contributed by atoms with E-state index in [0.717, 1.165) is 11.1 Å². The van der Waals surface area contributed by atoms with Crippen LogP contribution in [-0.2, 0) is 17.9 Å². The van der Waals surface area contributed by atoms with E-state index in [0.29, 0.717) is 24.3 Å². The molecule has 0 atom stereocenters. The third-order valence-corrected chi connectivity index (χ3v) is 4.17. The lowest BCUT2D eigenvalue weighted by atomic mass is 10.1. The Morgan fingerprint density at radius 3 is 2.00 bits per heavy atom. The van der Waals surface area contributed by atoms with Crippen molar-refractivity contribution in [2.45, 2.75) is 20.0 Å². The summed E-state index contributed by atoms with van der Waals surface area (Å²) in [5.74, 6) is -0.368. The summed E-state index contributed by atoms with van der Waals surface area (Å²) >= 11 is 0. The molecule has 7 nitrogen and oxygen atoms in total. The van der Waals surface area contributed by atoms with Crippen molar-refractivity contribution in [3.63, 3.8) is 0 Å². The van der Waals surface area contributed by atoms with Crippen molar-refractivity contribution in [3.05, 3.63) is 89.4 Å². The number of benzene rings is 2. The van der Waals surface area contributed by atoms with Gasteiger partial charge in [-0.2, -0.15) is 0 Å². The van der Waals surface area contributed by atoms with Crippen molar-refractivity contribution in [1.29, 1.82) is 0 Å². The first-order valence-electron chi connectivity index (χ1n) is 9.06. The molecule has 0 saturated heterocycles. The van der Waals surface area contributed by atoms with Crippen molar-refractivity contribution >= 4 is 23.4 Å². The summed E-state index contributed by atoms with van der Waals surface area (Å²) in [4.78, 5) is 35.2. The smallest absolute Gasteiger partial charge is 0.291 e. The van der Waals surface area contributed by atoms with Gasteiger partial charge in [-0.1, -0.05) is 24.3 Å². The molecule has 148 valence electrons. The number of rotatable bonds is 7. The minimum Gasteiger partial charge on any atom is -0.459 e. The van der Waals surface area contributed by atoms with Crippen LogP contribution in [0.5, 0.6) is 0 Å². The third-order valence-electron chi connectivity index (χ3n) is 4.17. The minimum absolute atomic E-state index is 0.0987. The predicted molar refractivity (Wildman–Crippen MR) is 108 cm³/mol. The van der Waals surface area contributed by atoms with Gasteiger partial charge < -0.3 is 20.4 Å². The van der Waals surface area contributed by atoms with E-state index < -0.39 is 0 Å². The third kappa shape index (κ3) is 5.80. The molecule has 7 heteroatoms. The second-order valence-corrected chi connectivity index (χ2v) is 6.42. The molecule has 3 amide bonds. The number of nitrogens with one attached hydrogen (secondary N) is 3. The summed E-state index contributed by atoms with van der Waals surface area (Å²) in [6.07, 6.45) is 1.44. The van der Waals surface area contributed by atoms with Crippen LogP contribution in [0.4, 0.5) is 5.69 Å². The zero-order valence-electron chi connectivity index (χ0n) is 15.9. The Hall–Kier alpha value is -3.87. The average molecular weight is 391 g/mol. The van der Waals surface area contributed by atoms with Gasteiger partial charge in [0.05, 0.1) is 6.26 Å². The number of furan rings is 1. The normalized spacial score (nSPS) is 10.2. The first-order valence-corrected chi connectivity index (χ1v) is 9.06. The molecule has 29 heavy (non-hydrogen) atoms. The lowest BCUT2D eigenvalue weighted by molar-refractivity contribution is -0.119. The summed E-state index contributed by atoms with van der Waals surface area (Å²) in [6, 6.07) is 17.5. The fourth-order valence-corrected chi connectivity index (χ4v) is 2.59. The van der Waals surface area contributed by atoms with E-state index in [1.165, 1.54) is 13.2 Å². The second kappa shape index (κ2) is 9.36. The molecule has 3 rings (SSSR count). The highest BCUT2D eigenvalue weighted by atomic mass is 16.3. The Bertz CT molecular complexity index is 978. The molecule has 0 radical (unpaired) electrons. The van der Waals surface area contributed by atoms with Crippen LogP contribution in [0, 0.1) is 0 Å². The number of hydrogen-bond donors (Lipinski definition) is 3. The Morgan fingerprint density at radius 2 is 1.41 bits per heavy atom. The molecule has 0 fully saturated rings. The van der Waals surface area contributed by atoms with E-state index in [-0.39, 0.29) is 23.5 Å².